The Morgan fingerprint density at radius 2 is 1.90 bits per heavy atom. The van der Waals surface area contributed by atoms with Crippen LogP contribution in [0, 0.1) is 6.92 Å². The van der Waals surface area contributed by atoms with Gasteiger partial charge in [0.15, 0.2) is 17.3 Å². The first-order valence-corrected chi connectivity index (χ1v) is 17.4. The summed E-state index contributed by atoms with van der Waals surface area (Å²) in [4.78, 5) is 55.9. The van der Waals surface area contributed by atoms with Crippen molar-refractivity contribution in [3.05, 3.63) is 80.0 Å². The number of carbonyl (C=O) groups excluding carboxylic acids is 2. The van der Waals surface area contributed by atoms with Gasteiger partial charge in [0, 0.05) is 29.8 Å². The van der Waals surface area contributed by atoms with Crippen molar-refractivity contribution in [2.45, 2.75) is 83.4 Å². The second-order valence-corrected chi connectivity index (χ2v) is 13.7. The van der Waals surface area contributed by atoms with E-state index in [2.05, 4.69) is 20.4 Å². The molecule has 13 nitrogen and oxygen atoms in total. The summed E-state index contributed by atoms with van der Waals surface area (Å²) in [5.74, 6) is -1.03. The molecule has 1 aliphatic heterocycles. The number of benzene rings is 1. The molecule has 2 amide bonds. The lowest BCUT2D eigenvalue weighted by Gasteiger charge is -2.39. The van der Waals surface area contributed by atoms with E-state index in [9.17, 15) is 37.8 Å². The van der Waals surface area contributed by atoms with Gasteiger partial charge in [0.1, 0.15) is 12.4 Å². The van der Waals surface area contributed by atoms with Gasteiger partial charge in [0.25, 0.3) is 11.5 Å². The number of nitrogens with one attached hydrogen (secondary N) is 1. The number of aliphatic hydroxyl groups is 1. The third-order valence-corrected chi connectivity index (χ3v) is 10.4. The van der Waals surface area contributed by atoms with Crippen molar-refractivity contribution in [3.8, 4) is 5.75 Å². The summed E-state index contributed by atoms with van der Waals surface area (Å²) in [5.41, 5.74) is -0.217. The van der Waals surface area contributed by atoms with Crippen LogP contribution in [0.15, 0.2) is 35.4 Å². The molecule has 0 bridgehead atoms. The number of carbonyl (C=O) groups is 2. The molecule has 1 atom stereocenters. The van der Waals surface area contributed by atoms with Crippen LogP contribution in [0.3, 0.4) is 0 Å². The third-order valence-electron chi connectivity index (χ3n) is 10.1. The van der Waals surface area contributed by atoms with E-state index in [1.165, 1.54) is 10.8 Å². The topological polar surface area (TPSA) is 168 Å². The van der Waals surface area contributed by atoms with Crippen LogP contribution in [0.4, 0.5) is 18.9 Å². The number of hydrogen-bond donors (Lipinski definition) is 3. The number of allylic oxidation sites excluding steroid dienone is 1. The molecule has 4 aromatic rings. The van der Waals surface area contributed by atoms with E-state index in [-0.39, 0.29) is 59.1 Å². The zero-order chi connectivity index (χ0) is 37.5. The molecule has 1 aromatic carbocycles. The number of fused-ring (bicyclic) bond motifs is 3. The number of hydrogen-bond acceptors (Lipinski definition) is 9. The average molecular weight is 743 g/mol. The van der Waals surface area contributed by atoms with Crippen LogP contribution in [0.1, 0.15) is 97.2 Å². The van der Waals surface area contributed by atoms with Gasteiger partial charge in [-0.1, -0.05) is 31.0 Å². The van der Waals surface area contributed by atoms with Crippen molar-refractivity contribution < 1.29 is 33.0 Å². The summed E-state index contributed by atoms with van der Waals surface area (Å²) in [5, 5.41) is 27.1. The van der Waals surface area contributed by atoms with Crippen molar-refractivity contribution in [2.24, 2.45) is 0 Å². The predicted octanol–water partition coefficient (Wildman–Crippen LogP) is 5.25. The van der Waals surface area contributed by atoms with E-state index in [1.807, 2.05) is 6.92 Å². The maximum absolute atomic E-state index is 14.5. The second-order valence-electron chi connectivity index (χ2n) is 13.2. The quantitative estimate of drug-likeness (QED) is 0.207. The van der Waals surface area contributed by atoms with Crippen LogP contribution in [0.5, 0.6) is 5.75 Å². The number of aryl methyl sites for hydroxylation is 1. The Hall–Kier alpha value is -4.83. The number of unbranched alkanes of at least 4 members (excludes halogenated alkanes) is 1. The van der Waals surface area contributed by atoms with Crippen molar-refractivity contribution in [3.63, 3.8) is 0 Å². The van der Waals surface area contributed by atoms with E-state index < -0.39 is 40.6 Å². The van der Waals surface area contributed by atoms with Gasteiger partial charge in [-0.3, -0.25) is 14.4 Å². The number of aromatic hydroxyl groups is 1. The molecule has 52 heavy (non-hydrogen) atoms. The van der Waals surface area contributed by atoms with Gasteiger partial charge in [0.05, 0.1) is 28.6 Å². The molecule has 1 saturated heterocycles. The van der Waals surface area contributed by atoms with Gasteiger partial charge in [-0.2, -0.15) is 22.7 Å². The van der Waals surface area contributed by atoms with Gasteiger partial charge in [-0.25, -0.2) is 9.97 Å². The Bertz CT molecular complexity index is 2140. The van der Waals surface area contributed by atoms with E-state index in [4.69, 9.17) is 16.6 Å². The highest BCUT2D eigenvalue weighted by molar-refractivity contribution is 6.33. The molecule has 17 heteroatoms. The van der Waals surface area contributed by atoms with Gasteiger partial charge in [-0.05, 0) is 76.1 Å². The van der Waals surface area contributed by atoms with E-state index >= 15 is 0 Å². The minimum atomic E-state index is -4.62. The lowest BCUT2D eigenvalue weighted by molar-refractivity contribution is -0.137. The van der Waals surface area contributed by atoms with Crippen molar-refractivity contribution >= 4 is 40.5 Å². The predicted molar refractivity (Wildman–Crippen MR) is 185 cm³/mol. The molecule has 6 rings (SSSR count). The minimum absolute atomic E-state index is 0.0199. The first-order valence-electron chi connectivity index (χ1n) is 17.0. The summed E-state index contributed by atoms with van der Waals surface area (Å²) >= 11 is 6.17. The van der Waals surface area contributed by atoms with E-state index in [0.29, 0.717) is 48.9 Å². The van der Waals surface area contributed by atoms with Crippen molar-refractivity contribution in [1.29, 1.82) is 0 Å². The molecule has 0 saturated carbocycles. The number of anilines is 1. The third kappa shape index (κ3) is 6.64. The molecule has 3 N–H and O–H groups in total. The Morgan fingerprint density at radius 1 is 1.17 bits per heavy atom. The fraction of sp³-hybridized carbons (Fsp3) is 0.457. The summed E-state index contributed by atoms with van der Waals surface area (Å²) < 4.78 is 42.6. The average Bonchev–Trinajstić information content (AvgIpc) is 3.71. The lowest BCUT2D eigenvalue weighted by atomic mass is 9.74. The highest BCUT2D eigenvalue weighted by Crippen LogP contribution is 2.46. The molecular formula is C35H38ClF3N8O5. The maximum atomic E-state index is 14.5. The molecule has 1 unspecified atom stereocenters. The number of halogens is 4. The van der Waals surface area contributed by atoms with E-state index in [0.717, 1.165) is 31.0 Å². The Labute approximate surface area is 301 Å². The largest absolute Gasteiger partial charge is 0.504 e. The molecule has 1 aliphatic carbocycles. The monoisotopic (exact) mass is 742 g/mol. The van der Waals surface area contributed by atoms with Gasteiger partial charge >= 0.3 is 6.18 Å². The van der Waals surface area contributed by atoms with Gasteiger partial charge in [0.2, 0.25) is 11.7 Å². The summed E-state index contributed by atoms with van der Waals surface area (Å²) in [6, 6.07) is 1.62. The molecule has 0 radical (unpaired) electrons. The lowest BCUT2D eigenvalue weighted by Crippen LogP contribution is -2.47. The zero-order valence-electron chi connectivity index (χ0n) is 28.8. The fourth-order valence-corrected chi connectivity index (χ4v) is 7.44. The first kappa shape index (κ1) is 36.9. The number of rotatable bonds is 9. The number of nitrogens with zero attached hydrogens (tertiary/aromatic N) is 7. The fourth-order valence-electron chi connectivity index (χ4n) is 7.21. The number of aliphatic hydroxyl groups excluding tert-OH is 1. The number of likely N-dealkylation sites (tertiary alicyclic amines) is 1. The van der Waals surface area contributed by atoms with Crippen LogP contribution in [-0.4, -0.2) is 75.8 Å². The molecule has 276 valence electrons. The van der Waals surface area contributed by atoms with Gasteiger partial charge in [-0.15, -0.1) is 5.10 Å². The highest BCUT2D eigenvalue weighted by atomic mass is 35.5. The zero-order valence-corrected chi connectivity index (χ0v) is 29.6. The number of piperidine rings is 1. The summed E-state index contributed by atoms with van der Waals surface area (Å²) in [7, 11) is 0. The Morgan fingerprint density at radius 3 is 2.56 bits per heavy atom. The minimum Gasteiger partial charge on any atom is -0.504 e. The van der Waals surface area contributed by atoms with Crippen LogP contribution in [0.2, 0.25) is 5.02 Å². The van der Waals surface area contributed by atoms with Crippen molar-refractivity contribution in [2.75, 3.05) is 25.0 Å². The normalized spacial score (nSPS) is 16.4. The second kappa shape index (κ2) is 14.3. The molecule has 1 spiro atoms. The summed E-state index contributed by atoms with van der Waals surface area (Å²) in [6.45, 7) is 5.44. The molecule has 2 aliphatic rings. The van der Waals surface area contributed by atoms with Gasteiger partial charge < -0.3 is 25.0 Å². The Kier molecular flexibility index (Phi) is 10.2. The molecule has 4 heterocycles. The molecular weight excluding hydrogens is 705 g/mol. The first-order chi connectivity index (χ1) is 24.7. The SMILES string of the molecule is CCCC/C(=C\CO)c1nc2n(C(C)C(=O)Nc3ccc(C(F)(F)F)cc3Cl)c3c(c(=O)n2n1)C1(CC3)CCN(C(=O)c2ncnc(C)c2O)CC1. The number of alkyl halides is 3. The number of amides is 2. The Balaban J connectivity index is 1.41. The van der Waals surface area contributed by atoms with Crippen LogP contribution in [-0.2, 0) is 22.8 Å². The van der Waals surface area contributed by atoms with E-state index in [1.54, 1.807) is 29.4 Å². The van der Waals surface area contributed by atoms with Crippen LogP contribution in [0.25, 0.3) is 11.4 Å². The molecule has 3 aromatic heterocycles. The van der Waals surface area contributed by atoms with Crippen LogP contribution >= 0.6 is 11.6 Å². The summed E-state index contributed by atoms with van der Waals surface area (Å²) in [6.07, 6.45) is 2.12. The standard InChI is InChI=1S/C35H38ClF3N8O5/c1-4-5-6-21(10-16-48)29-43-33-46(20(3)30(50)42-24-8-7-22(17-23(24)36)35(37,38)39)25-9-11-34(26(25)31(51)47(33)44-29)12-14-45(15-13-34)32(52)27-28(49)19(2)40-18-41-27/h7-8,10,17-18,20,48-49H,4-6,9,11-16H2,1-3H3,(H,42,50)/b21-10+. The smallest absolute Gasteiger partial charge is 0.416 e. The maximum Gasteiger partial charge on any atom is 0.416 e. The van der Waals surface area contributed by atoms with Crippen LogP contribution < -0.4 is 10.9 Å². The number of aromatic nitrogens is 6. The molecule has 1 fully saturated rings. The highest BCUT2D eigenvalue weighted by Gasteiger charge is 2.47. The van der Waals surface area contributed by atoms with Crippen molar-refractivity contribution in [1.82, 2.24) is 34.0 Å².